The Morgan fingerprint density at radius 2 is 1.86 bits per heavy atom. The molecule has 0 spiro atoms. The van der Waals surface area contributed by atoms with E-state index in [2.05, 4.69) is 6.58 Å². The van der Waals surface area contributed by atoms with Gasteiger partial charge in [-0.25, -0.2) is 0 Å². The Bertz CT molecular complexity index is 257. The standard InChI is InChI=1S/C4H10O3S.C3H4O2.Na/c1-4(2)3-8(5,6)7;1-2-3(4)5;/h4H,3H2,1-2H3,(H,5,6,7);2H,1H2,(H,4,5);/q;;+1/p-1. The van der Waals surface area contributed by atoms with Gasteiger partial charge in [0.15, 0.2) is 0 Å². The van der Waals surface area contributed by atoms with E-state index >= 15 is 0 Å². The molecular weight excluding hydrogens is 219 g/mol. The normalized spacial score (nSPS) is 9.43. The Morgan fingerprint density at radius 3 is 1.86 bits per heavy atom. The van der Waals surface area contributed by atoms with Gasteiger partial charge in [-0.2, -0.15) is 8.42 Å². The van der Waals surface area contributed by atoms with Gasteiger partial charge in [0.05, 0.1) is 11.7 Å². The van der Waals surface area contributed by atoms with Crippen molar-refractivity contribution in [2.24, 2.45) is 5.92 Å². The molecule has 0 bridgehead atoms. The summed E-state index contributed by atoms with van der Waals surface area (Å²) in [6, 6.07) is 0. The Labute approximate surface area is 106 Å². The third kappa shape index (κ3) is 29.6. The Balaban J connectivity index is -0.000000177. The summed E-state index contributed by atoms with van der Waals surface area (Å²) in [5.74, 6) is -1.37. The van der Waals surface area contributed by atoms with Crippen molar-refractivity contribution in [2.45, 2.75) is 13.8 Å². The Kier molecular flexibility index (Phi) is 13.6. The molecule has 0 heterocycles. The van der Waals surface area contributed by atoms with Gasteiger partial charge >= 0.3 is 29.6 Å². The average molecular weight is 232 g/mol. The summed E-state index contributed by atoms with van der Waals surface area (Å²) in [5, 5.41) is 9.14. The minimum absolute atomic E-state index is 0. The van der Waals surface area contributed by atoms with Crippen LogP contribution in [-0.2, 0) is 14.9 Å². The number of carboxylic acid groups (broad SMARTS) is 1. The van der Waals surface area contributed by atoms with E-state index in [0.717, 1.165) is 6.08 Å². The molecule has 14 heavy (non-hydrogen) atoms. The van der Waals surface area contributed by atoms with Crippen LogP contribution < -0.4 is 34.7 Å². The zero-order valence-electron chi connectivity index (χ0n) is 8.56. The van der Waals surface area contributed by atoms with Crippen LogP contribution in [0.4, 0.5) is 0 Å². The maximum atomic E-state index is 10.00. The van der Waals surface area contributed by atoms with Crippen LogP contribution in [0.3, 0.4) is 0 Å². The molecule has 0 saturated carbocycles. The molecule has 0 rings (SSSR count). The van der Waals surface area contributed by atoms with Gasteiger partial charge in [-0.1, -0.05) is 20.4 Å². The molecule has 0 fully saturated rings. The van der Waals surface area contributed by atoms with Crippen LogP contribution in [0, 0.1) is 5.92 Å². The molecule has 0 radical (unpaired) electrons. The molecule has 0 amide bonds. The predicted molar refractivity (Wildman–Crippen MR) is 46.5 cm³/mol. The van der Waals surface area contributed by atoms with Crippen molar-refractivity contribution in [2.75, 3.05) is 5.75 Å². The molecule has 0 aromatic carbocycles. The summed E-state index contributed by atoms with van der Waals surface area (Å²) in [7, 11) is -3.72. The minimum Gasteiger partial charge on any atom is -0.545 e. The molecule has 78 valence electrons. The third-order valence-electron chi connectivity index (χ3n) is 0.711. The first-order valence-corrected chi connectivity index (χ1v) is 5.08. The molecular formula is C7H13NaO5S. The topological polar surface area (TPSA) is 94.5 Å². The van der Waals surface area contributed by atoms with Crippen molar-refractivity contribution >= 4 is 16.1 Å². The van der Waals surface area contributed by atoms with Crippen LogP contribution in [0.1, 0.15) is 13.8 Å². The maximum absolute atomic E-state index is 10.00. The van der Waals surface area contributed by atoms with Gasteiger partial charge in [-0.05, 0) is 12.0 Å². The first-order chi connectivity index (χ1) is 5.69. The molecule has 0 aromatic heterocycles. The monoisotopic (exact) mass is 232 g/mol. The van der Waals surface area contributed by atoms with Crippen LogP contribution >= 0.6 is 0 Å². The summed E-state index contributed by atoms with van der Waals surface area (Å²) >= 11 is 0. The predicted octanol–water partition coefficient (Wildman–Crippen LogP) is -3.54. The van der Waals surface area contributed by atoms with Crippen LogP contribution in [0.15, 0.2) is 12.7 Å². The van der Waals surface area contributed by atoms with E-state index in [-0.39, 0.29) is 41.2 Å². The zero-order chi connectivity index (χ0) is 11.1. The second kappa shape index (κ2) is 9.67. The molecule has 0 saturated heterocycles. The van der Waals surface area contributed by atoms with Gasteiger partial charge in [0.1, 0.15) is 0 Å². The molecule has 0 aliphatic rings. The molecule has 0 aliphatic heterocycles. The second-order valence-electron chi connectivity index (χ2n) is 2.67. The van der Waals surface area contributed by atoms with Crippen LogP contribution in [-0.4, -0.2) is 24.7 Å². The van der Waals surface area contributed by atoms with E-state index in [9.17, 15) is 8.42 Å². The van der Waals surface area contributed by atoms with E-state index in [1.807, 2.05) is 0 Å². The fraction of sp³-hybridized carbons (Fsp3) is 0.571. The van der Waals surface area contributed by atoms with Crippen LogP contribution in [0.2, 0.25) is 0 Å². The smallest absolute Gasteiger partial charge is 0.545 e. The van der Waals surface area contributed by atoms with Crippen molar-refractivity contribution < 1.29 is 52.4 Å². The Morgan fingerprint density at radius 1 is 1.57 bits per heavy atom. The first-order valence-electron chi connectivity index (χ1n) is 3.47. The van der Waals surface area contributed by atoms with E-state index < -0.39 is 16.1 Å². The molecule has 0 aromatic rings. The van der Waals surface area contributed by atoms with Crippen LogP contribution in [0.25, 0.3) is 0 Å². The molecule has 0 atom stereocenters. The molecule has 0 aliphatic carbocycles. The van der Waals surface area contributed by atoms with E-state index in [1.165, 1.54) is 0 Å². The summed E-state index contributed by atoms with van der Waals surface area (Å²) in [4.78, 5) is 9.14. The third-order valence-corrected chi connectivity index (χ3v) is 1.80. The van der Waals surface area contributed by atoms with Crippen molar-refractivity contribution in [1.82, 2.24) is 0 Å². The summed E-state index contributed by atoms with van der Waals surface area (Å²) in [5.41, 5.74) is 0. The van der Waals surface area contributed by atoms with E-state index in [4.69, 9.17) is 14.5 Å². The fourth-order valence-electron chi connectivity index (χ4n) is 0.421. The second-order valence-corrected chi connectivity index (χ2v) is 4.16. The molecule has 1 N–H and O–H groups in total. The van der Waals surface area contributed by atoms with E-state index in [0.29, 0.717) is 0 Å². The van der Waals surface area contributed by atoms with Gasteiger partial charge in [0.2, 0.25) is 0 Å². The molecule has 7 heteroatoms. The summed E-state index contributed by atoms with van der Waals surface area (Å²) in [6.45, 7) is 6.36. The van der Waals surface area contributed by atoms with Gasteiger partial charge in [-0.3, -0.25) is 4.55 Å². The number of aliphatic carboxylic acids is 1. The minimum atomic E-state index is -3.72. The van der Waals surface area contributed by atoms with Gasteiger partial charge in [0, 0.05) is 0 Å². The number of carbonyl (C=O) groups is 1. The number of carbonyl (C=O) groups excluding carboxylic acids is 1. The van der Waals surface area contributed by atoms with Crippen molar-refractivity contribution in [3.05, 3.63) is 12.7 Å². The van der Waals surface area contributed by atoms with Gasteiger partial charge in [-0.15, -0.1) is 0 Å². The number of rotatable bonds is 3. The molecule has 0 unspecified atom stereocenters. The number of hydrogen-bond acceptors (Lipinski definition) is 4. The quantitative estimate of drug-likeness (QED) is 0.309. The van der Waals surface area contributed by atoms with Crippen molar-refractivity contribution in [3.63, 3.8) is 0 Å². The Hall–Kier alpha value is 0.120. The van der Waals surface area contributed by atoms with E-state index in [1.54, 1.807) is 13.8 Å². The fourth-order valence-corrected chi connectivity index (χ4v) is 1.26. The largest absolute Gasteiger partial charge is 1.00 e. The maximum Gasteiger partial charge on any atom is 1.00 e. The van der Waals surface area contributed by atoms with Crippen LogP contribution in [0.5, 0.6) is 0 Å². The number of carboxylic acids is 1. The zero-order valence-corrected chi connectivity index (χ0v) is 11.4. The van der Waals surface area contributed by atoms with Gasteiger partial charge in [0.25, 0.3) is 10.1 Å². The SMILES string of the molecule is C=CC(=O)[O-].CC(C)CS(=O)(=O)O.[Na+]. The average Bonchev–Trinajstić information content (AvgIpc) is 1.83. The first kappa shape index (κ1) is 19.7. The van der Waals surface area contributed by atoms with Crippen molar-refractivity contribution in [3.8, 4) is 0 Å². The van der Waals surface area contributed by atoms with Gasteiger partial charge < -0.3 is 9.90 Å². The summed E-state index contributed by atoms with van der Waals surface area (Å²) < 4.78 is 28.2. The number of hydrogen-bond donors (Lipinski definition) is 1. The van der Waals surface area contributed by atoms with Crippen molar-refractivity contribution in [1.29, 1.82) is 0 Å². The summed E-state index contributed by atoms with van der Waals surface area (Å²) in [6.07, 6.45) is 0.722. The molecule has 5 nitrogen and oxygen atoms in total.